The SMILES string of the molecule is CCN=C(NC1CCc2cn(C(C)C)nc2C1)NC1CC1(C)C. The van der Waals surface area contributed by atoms with Crippen molar-refractivity contribution in [3.05, 3.63) is 17.5 Å². The Kier molecular flexibility index (Phi) is 4.39. The lowest BCUT2D eigenvalue weighted by molar-refractivity contribution is 0.496. The van der Waals surface area contributed by atoms with Crippen molar-refractivity contribution in [2.24, 2.45) is 10.4 Å². The summed E-state index contributed by atoms with van der Waals surface area (Å²) in [5.74, 6) is 0.972. The van der Waals surface area contributed by atoms with Crippen LogP contribution in [-0.2, 0) is 12.8 Å². The zero-order valence-electron chi connectivity index (χ0n) is 15.2. The number of hydrogen-bond donors (Lipinski definition) is 2. The first kappa shape index (κ1) is 16.3. The van der Waals surface area contributed by atoms with Gasteiger partial charge in [-0.3, -0.25) is 9.67 Å². The smallest absolute Gasteiger partial charge is 0.191 e. The van der Waals surface area contributed by atoms with Crippen LogP contribution in [0.2, 0.25) is 0 Å². The highest BCUT2D eigenvalue weighted by Crippen LogP contribution is 2.44. The number of aromatic nitrogens is 2. The topological polar surface area (TPSA) is 54.2 Å². The van der Waals surface area contributed by atoms with E-state index < -0.39 is 0 Å². The first-order valence-electron chi connectivity index (χ1n) is 9.03. The third-order valence-corrected chi connectivity index (χ3v) is 5.11. The van der Waals surface area contributed by atoms with E-state index in [0.717, 1.165) is 31.8 Å². The number of guanidine groups is 1. The van der Waals surface area contributed by atoms with Crippen LogP contribution in [0.1, 0.15) is 64.8 Å². The van der Waals surface area contributed by atoms with Crippen molar-refractivity contribution in [1.29, 1.82) is 0 Å². The van der Waals surface area contributed by atoms with Gasteiger partial charge in [-0.25, -0.2) is 0 Å². The first-order chi connectivity index (χ1) is 10.9. The number of hydrogen-bond acceptors (Lipinski definition) is 2. The van der Waals surface area contributed by atoms with Crippen LogP contribution in [-0.4, -0.2) is 34.4 Å². The van der Waals surface area contributed by atoms with Gasteiger partial charge in [0, 0.05) is 37.3 Å². The Balaban J connectivity index is 1.62. The molecule has 0 spiro atoms. The molecule has 0 bridgehead atoms. The lowest BCUT2D eigenvalue weighted by Crippen LogP contribution is -2.47. The molecule has 1 saturated carbocycles. The summed E-state index contributed by atoms with van der Waals surface area (Å²) in [4.78, 5) is 4.62. The zero-order chi connectivity index (χ0) is 16.6. The van der Waals surface area contributed by atoms with Gasteiger partial charge >= 0.3 is 0 Å². The number of rotatable bonds is 4. The standard InChI is InChI=1S/C18H31N5/c1-6-19-17(21-16-10-18(16,4)5)20-14-8-7-13-11-23(12(2)3)22-15(13)9-14/h11-12,14,16H,6-10H2,1-5H3,(H2,19,20,21). The van der Waals surface area contributed by atoms with Gasteiger partial charge < -0.3 is 10.6 Å². The molecule has 23 heavy (non-hydrogen) atoms. The summed E-state index contributed by atoms with van der Waals surface area (Å²) in [6, 6.07) is 1.42. The van der Waals surface area contributed by atoms with Gasteiger partial charge in [-0.05, 0) is 51.0 Å². The molecule has 0 saturated heterocycles. The molecule has 0 aliphatic heterocycles. The minimum Gasteiger partial charge on any atom is -0.353 e. The minimum atomic E-state index is 0.409. The van der Waals surface area contributed by atoms with Crippen LogP contribution in [0.15, 0.2) is 11.2 Å². The third kappa shape index (κ3) is 3.70. The minimum absolute atomic E-state index is 0.409. The fourth-order valence-corrected chi connectivity index (χ4v) is 3.26. The Bertz CT molecular complexity index is 584. The molecule has 0 aromatic carbocycles. The molecule has 5 nitrogen and oxygen atoms in total. The second-order valence-electron chi connectivity index (χ2n) is 7.97. The molecule has 1 fully saturated rings. The molecule has 2 atom stereocenters. The predicted molar refractivity (Wildman–Crippen MR) is 94.9 cm³/mol. The summed E-state index contributed by atoms with van der Waals surface area (Å²) in [5, 5.41) is 12.0. The van der Waals surface area contributed by atoms with E-state index >= 15 is 0 Å². The molecule has 2 unspecified atom stereocenters. The molecule has 0 amide bonds. The quantitative estimate of drug-likeness (QED) is 0.663. The van der Waals surface area contributed by atoms with E-state index in [1.54, 1.807) is 0 Å². The number of nitrogens with one attached hydrogen (secondary N) is 2. The van der Waals surface area contributed by atoms with Crippen molar-refractivity contribution in [2.75, 3.05) is 6.54 Å². The van der Waals surface area contributed by atoms with Gasteiger partial charge in [0.05, 0.1) is 5.69 Å². The number of aliphatic imine (C=N–C) groups is 1. The van der Waals surface area contributed by atoms with Crippen LogP contribution < -0.4 is 10.6 Å². The van der Waals surface area contributed by atoms with E-state index in [4.69, 9.17) is 5.10 Å². The molecule has 2 aliphatic rings. The maximum atomic E-state index is 4.77. The third-order valence-electron chi connectivity index (χ3n) is 5.11. The molecule has 1 heterocycles. The second kappa shape index (κ2) is 6.17. The first-order valence-corrected chi connectivity index (χ1v) is 9.03. The lowest BCUT2D eigenvalue weighted by atomic mass is 9.94. The molecule has 3 rings (SSSR count). The normalized spacial score (nSPS) is 26.1. The summed E-state index contributed by atoms with van der Waals surface area (Å²) >= 11 is 0. The van der Waals surface area contributed by atoms with Gasteiger partial charge in [-0.2, -0.15) is 5.10 Å². The fraction of sp³-hybridized carbons (Fsp3) is 0.778. The Hall–Kier alpha value is -1.52. The van der Waals surface area contributed by atoms with Gasteiger partial charge in [0.25, 0.3) is 0 Å². The summed E-state index contributed by atoms with van der Waals surface area (Å²) in [7, 11) is 0. The average Bonchev–Trinajstić information content (AvgIpc) is 2.90. The predicted octanol–water partition coefficient (Wildman–Crippen LogP) is 2.67. The highest BCUT2D eigenvalue weighted by molar-refractivity contribution is 5.81. The molecular formula is C18H31N5. The van der Waals surface area contributed by atoms with Gasteiger partial charge in [0.1, 0.15) is 0 Å². The van der Waals surface area contributed by atoms with Crippen molar-refractivity contribution in [3.63, 3.8) is 0 Å². The molecular weight excluding hydrogens is 286 g/mol. The highest BCUT2D eigenvalue weighted by atomic mass is 15.3. The van der Waals surface area contributed by atoms with Crippen molar-refractivity contribution < 1.29 is 0 Å². The van der Waals surface area contributed by atoms with E-state index in [9.17, 15) is 0 Å². The fourth-order valence-electron chi connectivity index (χ4n) is 3.26. The van der Waals surface area contributed by atoms with Gasteiger partial charge in [-0.15, -0.1) is 0 Å². The van der Waals surface area contributed by atoms with Crippen molar-refractivity contribution in [1.82, 2.24) is 20.4 Å². The van der Waals surface area contributed by atoms with E-state index in [-0.39, 0.29) is 0 Å². The zero-order valence-corrected chi connectivity index (χ0v) is 15.2. The van der Waals surface area contributed by atoms with Crippen LogP contribution in [0.5, 0.6) is 0 Å². The Labute approximate surface area is 139 Å². The summed E-state index contributed by atoms with van der Waals surface area (Å²) < 4.78 is 2.10. The maximum absolute atomic E-state index is 4.77. The van der Waals surface area contributed by atoms with Crippen LogP contribution in [0, 0.1) is 5.41 Å². The summed E-state index contributed by atoms with van der Waals surface area (Å²) in [6.07, 6.45) is 6.70. The molecule has 2 aliphatic carbocycles. The molecule has 1 aromatic rings. The van der Waals surface area contributed by atoms with E-state index in [0.29, 0.717) is 23.5 Å². The number of fused-ring (bicyclic) bond motifs is 1. The van der Waals surface area contributed by atoms with Gasteiger partial charge in [0.2, 0.25) is 0 Å². The number of aryl methyl sites for hydroxylation is 1. The molecule has 128 valence electrons. The second-order valence-corrected chi connectivity index (χ2v) is 7.97. The van der Waals surface area contributed by atoms with E-state index in [1.165, 1.54) is 17.7 Å². The van der Waals surface area contributed by atoms with Crippen molar-refractivity contribution in [2.45, 2.75) is 78.4 Å². The Morgan fingerprint density at radius 1 is 1.43 bits per heavy atom. The van der Waals surface area contributed by atoms with Crippen molar-refractivity contribution in [3.8, 4) is 0 Å². The van der Waals surface area contributed by atoms with E-state index in [1.807, 2.05) is 0 Å². The van der Waals surface area contributed by atoms with Crippen LogP contribution in [0.3, 0.4) is 0 Å². The Morgan fingerprint density at radius 3 is 2.78 bits per heavy atom. The lowest BCUT2D eigenvalue weighted by Gasteiger charge is -2.25. The molecule has 0 radical (unpaired) electrons. The van der Waals surface area contributed by atoms with Crippen LogP contribution >= 0.6 is 0 Å². The number of nitrogens with zero attached hydrogens (tertiary/aromatic N) is 3. The molecule has 2 N–H and O–H groups in total. The monoisotopic (exact) mass is 317 g/mol. The summed E-state index contributed by atoms with van der Waals surface area (Å²) in [6.45, 7) is 11.9. The molecule has 1 aromatic heterocycles. The maximum Gasteiger partial charge on any atom is 0.191 e. The van der Waals surface area contributed by atoms with Crippen LogP contribution in [0.4, 0.5) is 0 Å². The van der Waals surface area contributed by atoms with Crippen LogP contribution in [0.25, 0.3) is 0 Å². The highest BCUT2D eigenvalue weighted by Gasteiger charge is 2.46. The van der Waals surface area contributed by atoms with Gasteiger partial charge in [-0.1, -0.05) is 13.8 Å². The summed E-state index contributed by atoms with van der Waals surface area (Å²) in [5.41, 5.74) is 3.08. The average molecular weight is 317 g/mol. The van der Waals surface area contributed by atoms with Gasteiger partial charge in [0.15, 0.2) is 5.96 Å². The Morgan fingerprint density at radius 2 is 2.17 bits per heavy atom. The van der Waals surface area contributed by atoms with Crippen molar-refractivity contribution >= 4 is 5.96 Å². The largest absolute Gasteiger partial charge is 0.353 e. The molecule has 5 heteroatoms. The van der Waals surface area contributed by atoms with E-state index in [2.05, 4.69) is 61.1 Å².